The molecule has 2 fully saturated rings. The minimum absolute atomic E-state index is 0.0491. The first-order chi connectivity index (χ1) is 12.6. The number of carbonyl (C=O) groups is 1. The van der Waals surface area contributed by atoms with Gasteiger partial charge >= 0.3 is 0 Å². The summed E-state index contributed by atoms with van der Waals surface area (Å²) in [6.45, 7) is 9.99. The van der Waals surface area contributed by atoms with Crippen molar-refractivity contribution in [1.82, 2.24) is 4.90 Å². The lowest BCUT2D eigenvalue weighted by Gasteiger charge is -2.23. The average molecular weight is 413 g/mol. The molecule has 0 aromatic heterocycles. The van der Waals surface area contributed by atoms with E-state index in [0.29, 0.717) is 34.7 Å². The van der Waals surface area contributed by atoms with Crippen molar-refractivity contribution in [3.05, 3.63) is 28.8 Å². The molecular weight excluding hydrogens is 388 g/mol. The lowest BCUT2D eigenvalue weighted by atomic mass is 10.2. The van der Waals surface area contributed by atoms with Crippen LogP contribution in [0.5, 0.6) is 5.75 Å². The van der Waals surface area contributed by atoms with E-state index in [1.807, 2.05) is 13.8 Å². The zero-order chi connectivity index (χ0) is 19.8. The van der Waals surface area contributed by atoms with Crippen LogP contribution in [0.25, 0.3) is 0 Å². The predicted octanol–water partition coefficient (Wildman–Crippen LogP) is 3.82. The molecule has 1 atom stereocenters. The van der Waals surface area contributed by atoms with Crippen molar-refractivity contribution in [2.45, 2.75) is 44.3 Å². The third kappa shape index (κ3) is 4.96. The smallest absolute Gasteiger partial charge is 0.283 e. The summed E-state index contributed by atoms with van der Waals surface area (Å²) in [6, 6.07) is 4.94. The number of hydrogen-bond donors (Lipinski definition) is 0. The number of amidine groups is 1. The van der Waals surface area contributed by atoms with Gasteiger partial charge < -0.3 is 19.1 Å². The molecule has 0 spiro atoms. The first-order valence-corrected chi connectivity index (χ1v) is 10.0. The molecule has 0 N–H and O–H groups in total. The molecule has 2 saturated heterocycles. The van der Waals surface area contributed by atoms with Crippen LogP contribution in [0.2, 0.25) is 5.02 Å². The van der Waals surface area contributed by atoms with E-state index in [9.17, 15) is 4.79 Å². The number of carbonyl (C=O) groups excluding carboxylic acids is 1. The van der Waals surface area contributed by atoms with Gasteiger partial charge in [0, 0.05) is 22.9 Å². The molecular formula is C19H25ClN2O4S. The summed E-state index contributed by atoms with van der Waals surface area (Å²) >= 11 is 7.63. The van der Waals surface area contributed by atoms with Crippen LogP contribution in [0.3, 0.4) is 0 Å². The highest BCUT2D eigenvalue weighted by atomic mass is 35.5. The molecule has 2 heterocycles. The van der Waals surface area contributed by atoms with Gasteiger partial charge in [0.2, 0.25) is 0 Å². The number of aliphatic imine (C=N–C) groups is 1. The Morgan fingerprint density at radius 2 is 2.15 bits per heavy atom. The van der Waals surface area contributed by atoms with Crippen LogP contribution in [0, 0.1) is 0 Å². The number of rotatable bonds is 4. The van der Waals surface area contributed by atoms with E-state index in [2.05, 4.69) is 23.7 Å². The molecule has 1 aromatic carbocycles. The Hall–Kier alpha value is -1.28. The second kappa shape index (κ2) is 7.62. The maximum atomic E-state index is 12.8. The zero-order valence-corrected chi connectivity index (χ0v) is 17.8. The van der Waals surface area contributed by atoms with Gasteiger partial charge in [0.15, 0.2) is 11.0 Å². The van der Waals surface area contributed by atoms with E-state index in [1.165, 1.54) is 7.11 Å². The fourth-order valence-corrected chi connectivity index (χ4v) is 4.48. The zero-order valence-electron chi connectivity index (χ0n) is 16.2. The summed E-state index contributed by atoms with van der Waals surface area (Å²) in [5.74, 6) is -0.491. The Bertz CT molecular complexity index is 766. The largest absolute Gasteiger partial charge is 0.496 e. The number of methoxy groups -OCH3 is 1. The molecule has 8 heteroatoms. The first-order valence-electron chi connectivity index (χ1n) is 8.81. The first kappa shape index (κ1) is 20.5. The van der Waals surface area contributed by atoms with E-state index < -0.39 is 5.79 Å². The van der Waals surface area contributed by atoms with Crippen molar-refractivity contribution in [2.75, 3.05) is 26.8 Å². The van der Waals surface area contributed by atoms with Crippen molar-refractivity contribution in [3.63, 3.8) is 0 Å². The Labute approximate surface area is 169 Å². The maximum absolute atomic E-state index is 12.8. The highest BCUT2D eigenvalue weighted by Gasteiger charge is 2.40. The van der Waals surface area contributed by atoms with Crippen LogP contribution in [0.1, 0.15) is 38.1 Å². The highest BCUT2D eigenvalue weighted by molar-refractivity contribution is 8.15. The van der Waals surface area contributed by atoms with Crippen LogP contribution in [-0.4, -0.2) is 59.4 Å². The SMILES string of the molecule is COc1ccc(Cl)cc1C(=O)N=C1SC(C)(C)CN1C[C@H]1COC(C)(C)O1. The summed E-state index contributed by atoms with van der Waals surface area (Å²) < 4.78 is 16.8. The number of benzene rings is 1. The fourth-order valence-electron chi connectivity index (χ4n) is 3.20. The van der Waals surface area contributed by atoms with Gasteiger partial charge in [0.25, 0.3) is 5.91 Å². The summed E-state index contributed by atoms with van der Waals surface area (Å²) in [4.78, 5) is 19.3. The van der Waals surface area contributed by atoms with Gasteiger partial charge in [-0.3, -0.25) is 4.79 Å². The van der Waals surface area contributed by atoms with Crippen LogP contribution >= 0.6 is 23.4 Å². The van der Waals surface area contributed by atoms with Gasteiger partial charge in [-0.1, -0.05) is 23.4 Å². The average Bonchev–Trinajstić information content (AvgIpc) is 3.05. The highest BCUT2D eigenvalue weighted by Crippen LogP contribution is 2.37. The number of ether oxygens (including phenoxy) is 3. The Morgan fingerprint density at radius 3 is 2.78 bits per heavy atom. The van der Waals surface area contributed by atoms with Crippen LogP contribution in [0.4, 0.5) is 0 Å². The lowest BCUT2D eigenvalue weighted by molar-refractivity contribution is -0.139. The minimum Gasteiger partial charge on any atom is -0.496 e. The van der Waals surface area contributed by atoms with E-state index in [0.717, 1.165) is 6.54 Å². The molecule has 6 nitrogen and oxygen atoms in total. The van der Waals surface area contributed by atoms with Gasteiger partial charge in [-0.2, -0.15) is 4.99 Å². The van der Waals surface area contributed by atoms with Gasteiger partial charge in [0.05, 0.1) is 19.3 Å². The van der Waals surface area contributed by atoms with Crippen LogP contribution < -0.4 is 4.74 Å². The molecule has 2 aliphatic heterocycles. The predicted molar refractivity (Wildman–Crippen MR) is 108 cm³/mol. The molecule has 148 valence electrons. The van der Waals surface area contributed by atoms with Crippen molar-refractivity contribution in [2.24, 2.45) is 4.99 Å². The Balaban J connectivity index is 1.82. The maximum Gasteiger partial charge on any atom is 0.283 e. The number of thioether (sulfide) groups is 1. The van der Waals surface area contributed by atoms with Gasteiger partial charge in [-0.15, -0.1) is 0 Å². The number of nitrogens with zero attached hydrogens (tertiary/aromatic N) is 2. The normalized spacial score (nSPS) is 25.2. The monoisotopic (exact) mass is 412 g/mol. The summed E-state index contributed by atoms with van der Waals surface area (Å²) in [5, 5.41) is 1.15. The standard InChI is InChI=1S/C19H25ClN2O4S/c1-18(2)11-22(9-13-10-25-19(3,4)26-13)17(27-18)21-16(23)14-8-12(20)6-7-15(14)24-5/h6-8,13H,9-11H2,1-5H3/t13-/m0/s1. The molecule has 0 aliphatic carbocycles. The summed E-state index contributed by atoms with van der Waals surface area (Å²) in [6.07, 6.45) is -0.0597. The van der Waals surface area contributed by atoms with Gasteiger partial charge in [0.1, 0.15) is 11.9 Å². The van der Waals surface area contributed by atoms with Crippen molar-refractivity contribution in [3.8, 4) is 5.75 Å². The molecule has 0 radical (unpaired) electrons. The van der Waals surface area contributed by atoms with Crippen molar-refractivity contribution in [1.29, 1.82) is 0 Å². The molecule has 0 bridgehead atoms. The minimum atomic E-state index is -0.575. The van der Waals surface area contributed by atoms with Gasteiger partial charge in [-0.05, 0) is 45.9 Å². The number of hydrogen-bond acceptors (Lipinski definition) is 5. The van der Waals surface area contributed by atoms with Crippen molar-refractivity contribution < 1.29 is 19.0 Å². The van der Waals surface area contributed by atoms with E-state index in [1.54, 1.807) is 30.0 Å². The summed E-state index contributed by atoms with van der Waals surface area (Å²) in [7, 11) is 1.52. The third-order valence-corrected chi connectivity index (χ3v) is 5.74. The quantitative estimate of drug-likeness (QED) is 0.749. The molecule has 3 rings (SSSR count). The molecule has 1 aromatic rings. The third-order valence-electron chi connectivity index (χ3n) is 4.29. The van der Waals surface area contributed by atoms with Gasteiger partial charge in [-0.25, -0.2) is 0 Å². The topological polar surface area (TPSA) is 60.4 Å². The number of amides is 1. The second-order valence-corrected chi connectivity index (χ2v) is 9.85. The molecule has 2 aliphatic rings. The second-order valence-electron chi connectivity index (χ2n) is 7.74. The molecule has 1 amide bonds. The van der Waals surface area contributed by atoms with E-state index in [4.69, 9.17) is 25.8 Å². The molecule has 0 unspecified atom stereocenters. The van der Waals surface area contributed by atoms with Crippen molar-refractivity contribution >= 4 is 34.4 Å². The Kier molecular flexibility index (Phi) is 5.77. The molecule has 27 heavy (non-hydrogen) atoms. The Morgan fingerprint density at radius 1 is 1.41 bits per heavy atom. The lowest BCUT2D eigenvalue weighted by Crippen LogP contribution is -2.37. The number of halogens is 1. The van der Waals surface area contributed by atoms with E-state index in [-0.39, 0.29) is 16.8 Å². The van der Waals surface area contributed by atoms with Crippen LogP contribution in [-0.2, 0) is 9.47 Å². The molecule has 0 saturated carbocycles. The summed E-state index contributed by atoms with van der Waals surface area (Å²) in [5.41, 5.74) is 0.351. The van der Waals surface area contributed by atoms with E-state index >= 15 is 0 Å². The van der Waals surface area contributed by atoms with Crippen LogP contribution in [0.15, 0.2) is 23.2 Å². The fraction of sp³-hybridized carbons (Fsp3) is 0.579.